The van der Waals surface area contributed by atoms with E-state index in [2.05, 4.69) is 12.1 Å². The minimum absolute atomic E-state index is 0.126. The molecule has 0 unspecified atom stereocenters. The second-order valence-corrected chi connectivity index (χ2v) is 8.21. The first-order valence-corrected chi connectivity index (χ1v) is 9.58. The van der Waals surface area contributed by atoms with Crippen molar-refractivity contribution in [3.63, 3.8) is 0 Å². The van der Waals surface area contributed by atoms with E-state index in [1.165, 1.54) is 23.5 Å². The predicted molar refractivity (Wildman–Crippen MR) is 90.0 cm³/mol. The van der Waals surface area contributed by atoms with Gasteiger partial charge in [0.2, 0.25) is 0 Å². The van der Waals surface area contributed by atoms with Gasteiger partial charge in [-0.15, -0.1) is 23.5 Å². The molecule has 2 aliphatic rings. The second kappa shape index (κ2) is 7.07. The van der Waals surface area contributed by atoms with Gasteiger partial charge < -0.3 is 9.64 Å². The van der Waals surface area contributed by atoms with Gasteiger partial charge in [-0.25, -0.2) is 0 Å². The van der Waals surface area contributed by atoms with Gasteiger partial charge >= 0.3 is 0 Å². The van der Waals surface area contributed by atoms with Crippen LogP contribution in [0.4, 0.5) is 0 Å². The van der Waals surface area contributed by atoms with Crippen molar-refractivity contribution < 1.29 is 9.53 Å². The maximum absolute atomic E-state index is 12.5. The van der Waals surface area contributed by atoms with E-state index < -0.39 is 0 Å². The highest BCUT2D eigenvalue weighted by Gasteiger charge is 2.23. The average molecular weight is 323 g/mol. The smallest absolute Gasteiger partial charge is 0.254 e. The molecule has 114 valence electrons. The van der Waals surface area contributed by atoms with Crippen molar-refractivity contribution in [1.29, 1.82) is 0 Å². The number of rotatable bonds is 2. The molecule has 1 aromatic rings. The van der Waals surface area contributed by atoms with Crippen LogP contribution in [0.2, 0.25) is 0 Å². The topological polar surface area (TPSA) is 29.5 Å². The zero-order chi connectivity index (χ0) is 14.7. The molecule has 0 spiro atoms. The predicted octanol–water partition coefficient (Wildman–Crippen LogP) is 3.42. The molecule has 0 bridgehead atoms. The van der Waals surface area contributed by atoms with Gasteiger partial charge in [0.1, 0.15) is 0 Å². The maximum Gasteiger partial charge on any atom is 0.254 e. The molecule has 21 heavy (non-hydrogen) atoms. The van der Waals surface area contributed by atoms with Crippen molar-refractivity contribution in [2.75, 3.05) is 31.2 Å². The van der Waals surface area contributed by atoms with E-state index in [4.69, 9.17) is 4.74 Å². The van der Waals surface area contributed by atoms with Crippen LogP contribution < -0.4 is 0 Å². The number of carbonyl (C=O) groups is 1. The van der Waals surface area contributed by atoms with Gasteiger partial charge in [0.15, 0.2) is 0 Å². The Morgan fingerprint density at radius 3 is 2.62 bits per heavy atom. The van der Waals surface area contributed by atoms with E-state index in [9.17, 15) is 4.79 Å². The fourth-order valence-corrected chi connectivity index (χ4v) is 5.54. The summed E-state index contributed by atoms with van der Waals surface area (Å²) in [5, 5.41) is 0. The van der Waals surface area contributed by atoms with E-state index in [1.54, 1.807) is 0 Å². The summed E-state index contributed by atoms with van der Waals surface area (Å²) in [4.78, 5) is 14.4. The van der Waals surface area contributed by atoms with Crippen LogP contribution in [-0.4, -0.2) is 48.1 Å². The Kier molecular flexibility index (Phi) is 5.14. The Balaban J connectivity index is 1.67. The molecule has 0 aromatic heterocycles. The molecule has 2 fully saturated rings. The molecule has 1 amide bonds. The highest BCUT2D eigenvalue weighted by atomic mass is 32.2. The Morgan fingerprint density at radius 2 is 1.95 bits per heavy atom. The van der Waals surface area contributed by atoms with Crippen LogP contribution in [0.5, 0.6) is 0 Å². The van der Waals surface area contributed by atoms with E-state index in [0.717, 1.165) is 5.56 Å². The lowest BCUT2D eigenvalue weighted by Crippen LogP contribution is -2.44. The number of hydrogen-bond donors (Lipinski definition) is 0. The average Bonchev–Trinajstić information content (AvgIpc) is 2.55. The van der Waals surface area contributed by atoms with Crippen LogP contribution in [0.1, 0.15) is 33.8 Å². The molecule has 5 heteroatoms. The third-order valence-corrected chi connectivity index (χ3v) is 6.80. The number of hydrogen-bond acceptors (Lipinski definition) is 4. The Morgan fingerprint density at radius 1 is 1.24 bits per heavy atom. The van der Waals surface area contributed by atoms with Crippen molar-refractivity contribution in [2.24, 2.45) is 0 Å². The van der Waals surface area contributed by atoms with Crippen LogP contribution in [0.15, 0.2) is 24.3 Å². The third kappa shape index (κ3) is 3.76. The number of ether oxygens (including phenoxy) is 1. The largest absolute Gasteiger partial charge is 0.375 e. The zero-order valence-electron chi connectivity index (χ0n) is 12.3. The molecule has 2 saturated heterocycles. The van der Waals surface area contributed by atoms with Crippen molar-refractivity contribution in [3.05, 3.63) is 35.4 Å². The highest BCUT2D eigenvalue weighted by Crippen LogP contribution is 2.43. The quantitative estimate of drug-likeness (QED) is 0.834. The van der Waals surface area contributed by atoms with Crippen LogP contribution in [0, 0.1) is 0 Å². The fraction of sp³-hybridized carbons (Fsp3) is 0.562. The first-order valence-electron chi connectivity index (χ1n) is 7.48. The van der Waals surface area contributed by atoms with Gasteiger partial charge in [0.25, 0.3) is 5.91 Å². The van der Waals surface area contributed by atoms with E-state index in [1.807, 2.05) is 47.5 Å². The number of amides is 1. The van der Waals surface area contributed by atoms with E-state index in [-0.39, 0.29) is 12.0 Å². The van der Waals surface area contributed by atoms with Crippen LogP contribution >= 0.6 is 23.5 Å². The Labute approximate surface area is 134 Å². The summed E-state index contributed by atoms with van der Waals surface area (Å²) in [6.45, 7) is 4.04. The molecule has 1 aromatic carbocycles. The number of carbonyl (C=O) groups excluding carboxylic acids is 1. The van der Waals surface area contributed by atoms with Gasteiger partial charge in [-0.3, -0.25) is 4.79 Å². The summed E-state index contributed by atoms with van der Waals surface area (Å²) in [6.07, 6.45) is 1.44. The molecule has 2 aliphatic heterocycles. The lowest BCUT2D eigenvalue weighted by molar-refractivity contribution is -0.0124. The van der Waals surface area contributed by atoms with Crippen LogP contribution in [0.25, 0.3) is 0 Å². The van der Waals surface area contributed by atoms with Gasteiger partial charge in [-0.05, 0) is 42.5 Å². The van der Waals surface area contributed by atoms with E-state index >= 15 is 0 Å². The summed E-state index contributed by atoms with van der Waals surface area (Å²) in [5.74, 6) is 2.61. The molecule has 0 saturated carbocycles. The molecule has 0 aliphatic carbocycles. The second-order valence-electron chi connectivity index (χ2n) is 5.48. The number of morpholine rings is 1. The summed E-state index contributed by atoms with van der Waals surface area (Å²) in [7, 11) is 0. The van der Waals surface area contributed by atoms with Crippen molar-refractivity contribution in [2.45, 2.75) is 24.0 Å². The number of thioether (sulfide) groups is 2. The van der Waals surface area contributed by atoms with Crippen LogP contribution in [0.3, 0.4) is 0 Å². The monoisotopic (exact) mass is 323 g/mol. The Hall–Kier alpha value is -0.650. The molecule has 2 heterocycles. The van der Waals surface area contributed by atoms with Crippen LogP contribution in [-0.2, 0) is 4.74 Å². The lowest BCUT2D eigenvalue weighted by atomic mass is 10.1. The van der Waals surface area contributed by atoms with Crippen molar-refractivity contribution in [1.82, 2.24) is 4.90 Å². The third-order valence-electron chi connectivity index (χ3n) is 3.79. The first-order chi connectivity index (χ1) is 10.2. The molecule has 3 nitrogen and oxygen atoms in total. The molecular formula is C16H21NO2S2. The number of nitrogens with zero attached hydrogens (tertiary/aromatic N) is 1. The lowest BCUT2D eigenvalue weighted by Gasteiger charge is -2.31. The number of benzene rings is 1. The summed E-state index contributed by atoms with van der Waals surface area (Å²) in [6, 6.07) is 8.20. The molecule has 0 radical (unpaired) electrons. The maximum atomic E-state index is 12.5. The summed E-state index contributed by atoms with van der Waals surface area (Å²) < 4.78 is 6.03. The standard InChI is InChI=1S/C16H21NO2S2/c1-12-11-17(7-8-19-12)15(18)13-3-5-14(6-4-13)16-20-9-2-10-21-16/h3-6,12,16H,2,7-11H2,1H3/t12-/m0/s1. The molecule has 1 atom stereocenters. The van der Waals surface area contributed by atoms with Gasteiger partial charge in [-0.1, -0.05) is 12.1 Å². The summed E-state index contributed by atoms with van der Waals surface area (Å²) >= 11 is 4.02. The van der Waals surface area contributed by atoms with Gasteiger partial charge in [0, 0.05) is 18.7 Å². The van der Waals surface area contributed by atoms with Gasteiger partial charge in [-0.2, -0.15) is 0 Å². The molecule has 0 N–H and O–H groups in total. The minimum atomic E-state index is 0.126. The SMILES string of the molecule is C[C@H]1CN(C(=O)c2ccc(C3SCCCS3)cc2)CCO1. The zero-order valence-corrected chi connectivity index (χ0v) is 13.9. The molecule has 3 rings (SSSR count). The first kappa shape index (κ1) is 15.3. The van der Waals surface area contributed by atoms with Crippen molar-refractivity contribution >= 4 is 29.4 Å². The molecular weight excluding hydrogens is 302 g/mol. The van der Waals surface area contributed by atoms with E-state index in [0.29, 0.717) is 24.3 Å². The van der Waals surface area contributed by atoms with Gasteiger partial charge in [0.05, 0.1) is 17.3 Å². The Bertz CT molecular complexity index is 486. The van der Waals surface area contributed by atoms with Crippen molar-refractivity contribution in [3.8, 4) is 0 Å². The highest BCUT2D eigenvalue weighted by molar-refractivity contribution is 8.16. The fourth-order valence-electron chi connectivity index (χ4n) is 2.65. The summed E-state index contributed by atoms with van der Waals surface area (Å²) in [5.41, 5.74) is 2.12. The minimum Gasteiger partial charge on any atom is -0.375 e. The normalized spacial score (nSPS) is 24.0.